The Morgan fingerprint density at radius 1 is 1.69 bits per heavy atom. The Bertz CT molecular complexity index is 235. The van der Waals surface area contributed by atoms with E-state index in [1.807, 2.05) is 18.7 Å². The van der Waals surface area contributed by atoms with Gasteiger partial charge >= 0.3 is 0 Å². The van der Waals surface area contributed by atoms with E-state index < -0.39 is 5.41 Å². The van der Waals surface area contributed by atoms with Gasteiger partial charge in [-0.25, -0.2) is 0 Å². The lowest BCUT2D eigenvalue weighted by Crippen LogP contribution is -2.42. The van der Waals surface area contributed by atoms with E-state index in [4.69, 9.17) is 11.1 Å². The number of nitrogens with one attached hydrogen (secondary N) is 1. The first kappa shape index (κ1) is 10.0. The molecule has 0 atom stereocenters. The zero-order valence-corrected chi connectivity index (χ0v) is 8.26. The number of carbonyl (C=O) groups excluding carboxylic acids is 1. The molecule has 0 aromatic rings. The van der Waals surface area contributed by atoms with E-state index in [2.05, 4.69) is 0 Å². The van der Waals surface area contributed by atoms with Gasteiger partial charge in [0.15, 0.2) is 0 Å². The van der Waals surface area contributed by atoms with Gasteiger partial charge in [0, 0.05) is 19.5 Å². The molecule has 1 rings (SSSR count). The quantitative estimate of drug-likeness (QED) is 0.671. The van der Waals surface area contributed by atoms with E-state index in [-0.39, 0.29) is 5.91 Å². The smallest absolute Gasteiger partial charge is 0.224 e. The summed E-state index contributed by atoms with van der Waals surface area (Å²) in [6.07, 6.45) is 1.85. The summed E-state index contributed by atoms with van der Waals surface area (Å²) >= 11 is 0. The van der Waals surface area contributed by atoms with Crippen LogP contribution >= 0.6 is 0 Å². The van der Waals surface area contributed by atoms with Crippen LogP contribution in [0.4, 0.5) is 0 Å². The highest BCUT2D eigenvalue weighted by Gasteiger charge is 2.30. The third-order valence-corrected chi connectivity index (χ3v) is 2.48. The highest BCUT2D eigenvalue weighted by atomic mass is 16.1. The van der Waals surface area contributed by atoms with E-state index in [1.54, 1.807) is 0 Å². The van der Waals surface area contributed by atoms with Crippen LogP contribution < -0.4 is 5.73 Å². The average molecular weight is 183 g/mol. The van der Waals surface area contributed by atoms with Crippen molar-refractivity contribution in [1.82, 2.24) is 4.90 Å². The number of primary amides is 1. The molecule has 1 aliphatic heterocycles. The molecule has 0 spiro atoms. The standard InChI is InChI=1S/C9H17N3O/c1-9(2,8(11)13)6-12-5-3-4-7(12)10/h10H,3-6H2,1-2H3,(H2,11,13). The SMILES string of the molecule is CC(C)(CN1CCCC1=N)C(N)=O. The Hall–Kier alpha value is -1.06. The van der Waals surface area contributed by atoms with Crippen LogP contribution in [0.25, 0.3) is 0 Å². The van der Waals surface area contributed by atoms with Gasteiger partial charge in [-0.1, -0.05) is 0 Å². The number of nitrogens with zero attached hydrogens (tertiary/aromatic N) is 1. The Morgan fingerprint density at radius 2 is 2.31 bits per heavy atom. The molecule has 1 heterocycles. The minimum Gasteiger partial charge on any atom is -0.369 e. The number of amidine groups is 1. The number of amides is 1. The maximum Gasteiger partial charge on any atom is 0.224 e. The molecule has 1 amide bonds. The van der Waals surface area contributed by atoms with Crippen molar-refractivity contribution in [2.45, 2.75) is 26.7 Å². The number of hydrogen-bond acceptors (Lipinski definition) is 2. The first-order chi connectivity index (χ1) is 5.93. The zero-order valence-electron chi connectivity index (χ0n) is 8.26. The average Bonchev–Trinajstić information content (AvgIpc) is 2.35. The van der Waals surface area contributed by atoms with Gasteiger partial charge in [-0.3, -0.25) is 10.2 Å². The maximum absolute atomic E-state index is 11.0. The zero-order chi connectivity index (χ0) is 10.1. The molecule has 4 nitrogen and oxygen atoms in total. The van der Waals surface area contributed by atoms with Gasteiger partial charge < -0.3 is 10.6 Å². The van der Waals surface area contributed by atoms with Crippen molar-refractivity contribution in [2.24, 2.45) is 11.1 Å². The Morgan fingerprint density at radius 3 is 2.69 bits per heavy atom. The lowest BCUT2D eigenvalue weighted by Gasteiger charge is -2.28. The Labute approximate surface area is 78.6 Å². The summed E-state index contributed by atoms with van der Waals surface area (Å²) in [6, 6.07) is 0. The van der Waals surface area contributed by atoms with E-state index in [0.717, 1.165) is 19.4 Å². The minimum absolute atomic E-state index is 0.299. The van der Waals surface area contributed by atoms with Crippen LogP contribution in [0.3, 0.4) is 0 Å². The maximum atomic E-state index is 11.0. The number of carbonyl (C=O) groups is 1. The first-order valence-corrected chi connectivity index (χ1v) is 4.56. The third-order valence-electron chi connectivity index (χ3n) is 2.48. The van der Waals surface area contributed by atoms with Gasteiger partial charge in [0.1, 0.15) is 0 Å². The van der Waals surface area contributed by atoms with E-state index in [9.17, 15) is 4.79 Å². The van der Waals surface area contributed by atoms with Gasteiger partial charge in [0.2, 0.25) is 5.91 Å². The van der Waals surface area contributed by atoms with Crippen LogP contribution in [-0.2, 0) is 4.79 Å². The molecule has 13 heavy (non-hydrogen) atoms. The molecule has 0 aliphatic carbocycles. The van der Waals surface area contributed by atoms with Crippen molar-refractivity contribution in [2.75, 3.05) is 13.1 Å². The normalized spacial score (nSPS) is 18.0. The monoisotopic (exact) mass is 183 g/mol. The molecule has 0 aromatic heterocycles. The largest absolute Gasteiger partial charge is 0.369 e. The molecule has 3 N–H and O–H groups in total. The van der Waals surface area contributed by atoms with Crippen LogP contribution in [-0.4, -0.2) is 29.7 Å². The van der Waals surface area contributed by atoms with Crippen molar-refractivity contribution in [1.29, 1.82) is 5.41 Å². The summed E-state index contributed by atoms with van der Waals surface area (Å²) in [5, 5.41) is 7.60. The summed E-state index contributed by atoms with van der Waals surface area (Å²) in [4.78, 5) is 13.0. The minimum atomic E-state index is -0.531. The molecule has 0 aromatic carbocycles. The van der Waals surface area contributed by atoms with Crippen LogP contribution in [0.15, 0.2) is 0 Å². The van der Waals surface area contributed by atoms with Gasteiger partial charge in [0.25, 0.3) is 0 Å². The predicted octanol–water partition coefficient (Wildman–Crippen LogP) is 0.571. The molecule has 1 saturated heterocycles. The van der Waals surface area contributed by atoms with E-state index in [0.29, 0.717) is 12.4 Å². The summed E-state index contributed by atoms with van der Waals surface area (Å²) in [7, 11) is 0. The number of likely N-dealkylation sites (tertiary alicyclic amines) is 1. The number of rotatable bonds is 3. The molecule has 4 heteroatoms. The van der Waals surface area contributed by atoms with Crippen molar-refractivity contribution < 1.29 is 4.79 Å². The predicted molar refractivity (Wildman–Crippen MR) is 51.5 cm³/mol. The third kappa shape index (κ3) is 2.20. The van der Waals surface area contributed by atoms with Crippen molar-refractivity contribution in [3.05, 3.63) is 0 Å². The van der Waals surface area contributed by atoms with Gasteiger partial charge in [-0.05, 0) is 20.3 Å². The van der Waals surface area contributed by atoms with Crippen LogP contribution in [0.1, 0.15) is 26.7 Å². The lowest BCUT2D eigenvalue weighted by molar-refractivity contribution is -0.126. The fourth-order valence-corrected chi connectivity index (χ4v) is 1.46. The van der Waals surface area contributed by atoms with E-state index in [1.165, 1.54) is 0 Å². The van der Waals surface area contributed by atoms with Crippen molar-refractivity contribution >= 4 is 11.7 Å². The second kappa shape index (κ2) is 3.36. The van der Waals surface area contributed by atoms with E-state index >= 15 is 0 Å². The van der Waals surface area contributed by atoms with Crippen molar-refractivity contribution in [3.63, 3.8) is 0 Å². The lowest BCUT2D eigenvalue weighted by atomic mass is 9.92. The van der Waals surface area contributed by atoms with Crippen LogP contribution in [0, 0.1) is 10.8 Å². The summed E-state index contributed by atoms with van der Waals surface area (Å²) in [6.45, 7) is 5.10. The summed E-state index contributed by atoms with van der Waals surface area (Å²) < 4.78 is 0. The topological polar surface area (TPSA) is 70.2 Å². The molecular formula is C9H17N3O. The summed E-state index contributed by atoms with van der Waals surface area (Å²) in [5.41, 5.74) is 4.73. The van der Waals surface area contributed by atoms with Crippen LogP contribution in [0.2, 0.25) is 0 Å². The molecule has 1 aliphatic rings. The molecular weight excluding hydrogens is 166 g/mol. The van der Waals surface area contributed by atoms with Gasteiger partial charge in [-0.2, -0.15) is 0 Å². The highest BCUT2D eigenvalue weighted by molar-refractivity contribution is 5.84. The molecule has 1 fully saturated rings. The molecule has 0 bridgehead atoms. The molecule has 74 valence electrons. The first-order valence-electron chi connectivity index (χ1n) is 4.56. The number of hydrogen-bond donors (Lipinski definition) is 2. The van der Waals surface area contributed by atoms with Gasteiger partial charge in [-0.15, -0.1) is 0 Å². The van der Waals surface area contributed by atoms with Crippen LogP contribution in [0.5, 0.6) is 0 Å². The molecule has 0 unspecified atom stereocenters. The second-order valence-electron chi connectivity index (χ2n) is 4.22. The molecule has 0 saturated carbocycles. The fraction of sp³-hybridized carbons (Fsp3) is 0.778. The number of nitrogens with two attached hydrogens (primary N) is 1. The highest BCUT2D eigenvalue weighted by Crippen LogP contribution is 2.20. The molecule has 0 radical (unpaired) electrons. The van der Waals surface area contributed by atoms with Gasteiger partial charge in [0.05, 0.1) is 11.3 Å². The van der Waals surface area contributed by atoms with Crippen molar-refractivity contribution in [3.8, 4) is 0 Å². The Balaban J connectivity index is 2.57. The second-order valence-corrected chi connectivity index (χ2v) is 4.22. The fourth-order valence-electron chi connectivity index (χ4n) is 1.46. The Kier molecular flexibility index (Phi) is 2.59. The summed E-state index contributed by atoms with van der Waals surface area (Å²) in [5.74, 6) is 0.335.